The zero-order valence-electron chi connectivity index (χ0n) is 15.8. The summed E-state index contributed by atoms with van der Waals surface area (Å²) in [5.74, 6) is -1.09. The van der Waals surface area contributed by atoms with Crippen molar-refractivity contribution < 1.29 is 19.4 Å². The minimum absolute atomic E-state index is 0.0934. The molecule has 0 bridgehead atoms. The number of aromatic carboxylic acids is 1. The second-order valence-electron chi connectivity index (χ2n) is 6.64. The molecule has 4 heteroatoms. The Balaban J connectivity index is 2.85. The van der Waals surface area contributed by atoms with Gasteiger partial charge in [-0.25, -0.2) is 9.59 Å². The fraction of sp³-hybridized carbons (Fsp3) is 0.619. The molecular formula is C21H32O4. The van der Waals surface area contributed by atoms with Crippen molar-refractivity contribution in [2.24, 2.45) is 5.92 Å². The molecule has 1 aromatic rings. The third-order valence-corrected chi connectivity index (χ3v) is 4.67. The van der Waals surface area contributed by atoms with Crippen LogP contribution in [0.3, 0.4) is 0 Å². The number of esters is 1. The first-order valence-electron chi connectivity index (χ1n) is 9.57. The lowest BCUT2D eigenvalue weighted by Gasteiger charge is -2.26. The average molecular weight is 348 g/mol. The van der Waals surface area contributed by atoms with Gasteiger partial charge in [0.25, 0.3) is 0 Å². The molecule has 0 saturated carbocycles. The molecule has 0 fully saturated rings. The third-order valence-electron chi connectivity index (χ3n) is 4.67. The van der Waals surface area contributed by atoms with Crippen molar-refractivity contribution >= 4 is 11.9 Å². The Labute approximate surface area is 151 Å². The molecule has 1 rings (SSSR count). The van der Waals surface area contributed by atoms with E-state index in [4.69, 9.17) is 9.84 Å². The van der Waals surface area contributed by atoms with E-state index in [0.717, 1.165) is 51.4 Å². The van der Waals surface area contributed by atoms with Gasteiger partial charge in [0, 0.05) is 0 Å². The molecule has 0 radical (unpaired) electrons. The van der Waals surface area contributed by atoms with Crippen LogP contribution in [0.2, 0.25) is 0 Å². The highest BCUT2D eigenvalue weighted by Crippen LogP contribution is 2.25. The van der Waals surface area contributed by atoms with Crippen LogP contribution in [-0.4, -0.2) is 23.1 Å². The molecule has 0 heterocycles. The van der Waals surface area contributed by atoms with Gasteiger partial charge in [0.05, 0.1) is 11.1 Å². The van der Waals surface area contributed by atoms with Gasteiger partial charge in [-0.3, -0.25) is 0 Å². The van der Waals surface area contributed by atoms with E-state index in [9.17, 15) is 9.59 Å². The van der Waals surface area contributed by atoms with Crippen LogP contribution in [0.15, 0.2) is 24.3 Å². The van der Waals surface area contributed by atoms with Crippen LogP contribution >= 0.6 is 0 Å². The first-order chi connectivity index (χ1) is 12.0. The zero-order chi connectivity index (χ0) is 18.7. The van der Waals surface area contributed by atoms with E-state index < -0.39 is 11.9 Å². The standard InChI is InChI=1S/C21H32O4/c1-4-7-9-14-19(16(6-3)11-8-5-2)25-21(24)18-13-10-12-17(15-18)20(22)23/h10,12-13,15-16,19H,4-9,11,14H2,1-3H3,(H,22,23). The monoisotopic (exact) mass is 348 g/mol. The largest absolute Gasteiger partial charge is 0.478 e. The highest BCUT2D eigenvalue weighted by molar-refractivity contribution is 5.94. The molecule has 1 aromatic carbocycles. The summed E-state index contributed by atoms with van der Waals surface area (Å²) >= 11 is 0. The van der Waals surface area contributed by atoms with Crippen molar-refractivity contribution in [3.8, 4) is 0 Å². The van der Waals surface area contributed by atoms with Gasteiger partial charge in [0.2, 0.25) is 0 Å². The summed E-state index contributed by atoms with van der Waals surface area (Å²) in [6.07, 6.45) is 8.41. The quantitative estimate of drug-likeness (QED) is 0.388. The van der Waals surface area contributed by atoms with E-state index >= 15 is 0 Å². The maximum atomic E-state index is 12.5. The average Bonchev–Trinajstić information content (AvgIpc) is 2.62. The van der Waals surface area contributed by atoms with Crippen LogP contribution in [0.4, 0.5) is 0 Å². The van der Waals surface area contributed by atoms with Crippen molar-refractivity contribution in [2.75, 3.05) is 0 Å². The number of carboxylic acids is 1. The summed E-state index contributed by atoms with van der Waals surface area (Å²) < 4.78 is 5.84. The van der Waals surface area contributed by atoms with Crippen molar-refractivity contribution in [3.63, 3.8) is 0 Å². The first kappa shape index (κ1) is 21.2. The van der Waals surface area contributed by atoms with Gasteiger partial charge in [-0.1, -0.05) is 52.5 Å². The Bertz CT molecular complexity index is 538. The molecule has 25 heavy (non-hydrogen) atoms. The third kappa shape index (κ3) is 7.29. The Kier molecular flexibility index (Phi) is 9.90. The highest BCUT2D eigenvalue weighted by Gasteiger charge is 2.24. The summed E-state index contributed by atoms with van der Waals surface area (Å²) in [5, 5.41) is 9.09. The van der Waals surface area contributed by atoms with E-state index in [1.807, 2.05) is 0 Å². The smallest absolute Gasteiger partial charge is 0.338 e. The minimum atomic E-state index is -1.04. The van der Waals surface area contributed by atoms with E-state index in [1.54, 1.807) is 12.1 Å². The van der Waals surface area contributed by atoms with Crippen LogP contribution in [0.1, 0.15) is 92.9 Å². The number of benzene rings is 1. The van der Waals surface area contributed by atoms with Gasteiger partial charge < -0.3 is 9.84 Å². The number of carbonyl (C=O) groups is 2. The number of ether oxygens (including phenoxy) is 1. The molecule has 1 N–H and O–H groups in total. The highest BCUT2D eigenvalue weighted by atomic mass is 16.5. The maximum Gasteiger partial charge on any atom is 0.338 e. The van der Waals surface area contributed by atoms with Crippen LogP contribution in [0.5, 0.6) is 0 Å². The van der Waals surface area contributed by atoms with Crippen LogP contribution in [0.25, 0.3) is 0 Å². The molecule has 4 nitrogen and oxygen atoms in total. The molecule has 0 aliphatic carbocycles. The van der Waals surface area contributed by atoms with E-state index in [-0.39, 0.29) is 11.7 Å². The number of hydrogen-bond donors (Lipinski definition) is 1. The minimum Gasteiger partial charge on any atom is -0.478 e. The van der Waals surface area contributed by atoms with Gasteiger partial charge in [0.15, 0.2) is 0 Å². The predicted molar refractivity (Wildman–Crippen MR) is 100 cm³/mol. The van der Waals surface area contributed by atoms with E-state index in [0.29, 0.717) is 11.5 Å². The summed E-state index contributed by atoms with van der Waals surface area (Å²) in [7, 11) is 0. The number of carbonyl (C=O) groups excluding carboxylic acids is 1. The number of hydrogen-bond acceptors (Lipinski definition) is 3. The van der Waals surface area contributed by atoms with Gasteiger partial charge in [-0.15, -0.1) is 0 Å². The SMILES string of the molecule is CCCCCC(OC(=O)c1cccc(C(=O)O)c1)C(CC)CCCC. The van der Waals surface area contributed by atoms with Gasteiger partial charge >= 0.3 is 11.9 Å². The van der Waals surface area contributed by atoms with Gasteiger partial charge in [-0.2, -0.15) is 0 Å². The van der Waals surface area contributed by atoms with Crippen LogP contribution in [-0.2, 0) is 4.74 Å². The van der Waals surface area contributed by atoms with Crippen molar-refractivity contribution in [3.05, 3.63) is 35.4 Å². The first-order valence-corrected chi connectivity index (χ1v) is 9.57. The summed E-state index contributed by atoms with van der Waals surface area (Å²) in [5.41, 5.74) is 0.417. The zero-order valence-corrected chi connectivity index (χ0v) is 15.8. The molecular weight excluding hydrogens is 316 g/mol. The van der Waals surface area contributed by atoms with E-state index in [1.165, 1.54) is 12.1 Å². The molecule has 140 valence electrons. The van der Waals surface area contributed by atoms with E-state index in [2.05, 4.69) is 20.8 Å². The number of carboxylic acid groups (broad SMARTS) is 1. The topological polar surface area (TPSA) is 63.6 Å². The molecule has 0 spiro atoms. The van der Waals surface area contributed by atoms with Crippen molar-refractivity contribution in [1.29, 1.82) is 0 Å². The lowest BCUT2D eigenvalue weighted by atomic mass is 9.90. The van der Waals surface area contributed by atoms with Crippen molar-refractivity contribution in [2.45, 2.75) is 78.2 Å². The fourth-order valence-electron chi connectivity index (χ4n) is 3.09. The lowest BCUT2D eigenvalue weighted by molar-refractivity contribution is 0.00780. The number of unbranched alkanes of at least 4 members (excludes halogenated alkanes) is 3. The Hall–Kier alpha value is -1.84. The van der Waals surface area contributed by atoms with Crippen LogP contribution < -0.4 is 0 Å². The molecule has 2 unspecified atom stereocenters. The molecule has 0 aliphatic rings. The van der Waals surface area contributed by atoms with Gasteiger partial charge in [-0.05, 0) is 49.8 Å². The van der Waals surface area contributed by atoms with Crippen molar-refractivity contribution in [1.82, 2.24) is 0 Å². The van der Waals surface area contributed by atoms with Crippen LogP contribution in [0, 0.1) is 5.92 Å². The maximum absolute atomic E-state index is 12.5. The van der Waals surface area contributed by atoms with Gasteiger partial charge in [0.1, 0.15) is 6.10 Å². The normalized spacial score (nSPS) is 13.2. The second kappa shape index (κ2) is 11.7. The summed E-state index contributed by atoms with van der Waals surface area (Å²) in [4.78, 5) is 23.6. The number of rotatable bonds is 12. The molecule has 0 saturated heterocycles. The molecule has 0 aliphatic heterocycles. The Morgan fingerprint density at radius 3 is 2.28 bits per heavy atom. The summed E-state index contributed by atoms with van der Waals surface area (Å²) in [6, 6.07) is 6.07. The Morgan fingerprint density at radius 2 is 1.68 bits per heavy atom. The second-order valence-corrected chi connectivity index (χ2v) is 6.64. The Morgan fingerprint density at radius 1 is 1.00 bits per heavy atom. The molecule has 2 atom stereocenters. The molecule has 0 aromatic heterocycles. The predicted octanol–water partition coefficient (Wildman–Crippen LogP) is 5.71. The summed E-state index contributed by atoms with van der Waals surface area (Å²) in [6.45, 7) is 6.47. The molecule has 0 amide bonds. The lowest BCUT2D eigenvalue weighted by Crippen LogP contribution is -2.27. The fourth-order valence-corrected chi connectivity index (χ4v) is 3.09.